The molecule has 0 radical (unpaired) electrons. The van der Waals surface area contributed by atoms with E-state index in [9.17, 15) is 30.3 Å². The Bertz CT molecular complexity index is 1360. The summed E-state index contributed by atoms with van der Waals surface area (Å²) in [4.78, 5) is 13.1. The highest BCUT2D eigenvalue weighted by atomic mass is 16.7. The normalized spacial score (nSPS) is 18.6. The predicted molar refractivity (Wildman–Crippen MR) is 341 cm³/mol. The quantitative estimate of drug-likeness (QED) is 0.0261. The maximum absolute atomic E-state index is 13.1. The number of amides is 1. The van der Waals surface area contributed by atoms with Gasteiger partial charge in [0, 0.05) is 6.42 Å². The molecule has 1 heterocycles. The molecule has 1 amide bonds. The molecule has 7 atom stereocenters. The van der Waals surface area contributed by atoms with Crippen LogP contribution in [0.15, 0.2) is 36.5 Å². The summed E-state index contributed by atoms with van der Waals surface area (Å²) in [5.74, 6) is -0.183. The molecule has 0 aromatic carbocycles. The van der Waals surface area contributed by atoms with Gasteiger partial charge in [-0.3, -0.25) is 4.79 Å². The molecule has 0 aromatic rings. The second-order valence-electron chi connectivity index (χ2n) is 24.7. The number of carbonyl (C=O) groups is 1. The summed E-state index contributed by atoms with van der Waals surface area (Å²) in [5.41, 5.74) is 0. The van der Waals surface area contributed by atoms with Crippen molar-refractivity contribution in [2.75, 3.05) is 13.2 Å². The van der Waals surface area contributed by atoms with Crippen LogP contribution in [0, 0.1) is 0 Å². The van der Waals surface area contributed by atoms with E-state index in [1.165, 1.54) is 289 Å². The predicted octanol–water partition coefficient (Wildman–Crippen LogP) is 19.0. The van der Waals surface area contributed by atoms with Gasteiger partial charge in [0.2, 0.25) is 5.91 Å². The molecule has 1 aliphatic heterocycles. The van der Waals surface area contributed by atoms with Gasteiger partial charge in [-0.05, 0) is 44.9 Å². The molecular formula is C71H135NO8. The summed E-state index contributed by atoms with van der Waals surface area (Å²) in [6.07, 6.45) is 74.1. The minimum absolute atomic E-state index is 0.183. The van der Waals surface area contributed by atoms with Crippen LogP contribution in [-0.2, 0) is 14.3 Å². The van der Waals surface area contributed by atoms with Gasteiger partial charge in [-0.1, -0.05) is 339 Å². The van der Waals surface area contributed by atoms with E-state index in [1.807, 2.05) is 6.08 Å². The summed E-state index contributed by atoms with van der Waals surface area (Å²) in [6, 6.07) is -0.828. The van der Waals surface area contributed by atoms with E-state index >= 15 is 0 Å². The number of rotatable bonds is 62. The number of unbranched alkanes of at least 4 members (excludes halogenated alkanes) is 48. The summed E-state index contributed by atoms with van der Waals surface area (Å²) in [6.45, 7) is 3.82. The number of nitrogens with one attached hydrogen (secondary N) is 1. The molecular weight excluding hydrogens is 995 g/mol. The Kier molecular flexibility index (Phi) is 57.8. The Morgan fingerprint density at radius 3 is 1.05 bits per heavy atom. The Morgan fingerprint density at radius 1 is 0.412 bits per heavy atom. The van der Waals surface area contributed by atoms with Gasteiger partial charge < -0.3 is 40.3 Å². The third-order valence-corrected chi connectivity index (χ3v) is 16.9. The second-order valence-corrected chi connectivity index (χ2v) is 24.7. The molecule has 0 bridgehead atoms. The third kappa shape index (κ3) is 48.7. The van der Waals surface area contributed by atoms with Crippen molar-refractivity contribution in [3.8, 4) is 0 Å². The first-order chi connectivity index (χ1) is 39.3. The first-order valence-electron chi connectivity index (χ1n) is 35.2. The zero-order valence-electron chi connectivity index (χ0n) is 52.9. The molecule has 1 saturated heterocycles. The van der Waals surface area contributed by atoms with Gasteiger partial charge in [-0.15, -0.1) is 0 Å². The fraction of sp³-hybridized carbons (Fsp3) is 0.901. The van der Waals surface area contributed by atoms with E-state index in [1.54, 1.807) is 6.08 Å². The standard InChI is InChI=1S/C71H135NO8/c1-3-5-7-9-11-13-15-17-19-21-23-25-27-29-31-32-33-35-37-39-41-43-45-47-49-51-53-55-57-59-61-67(75)72-64(63-79-71-70(78)69(77)68(76)66(62-73)80-71)65(74)60-58-56-54-52-50-48-46-44-42-40-38-36-34-30-28-26-24-22-20-18-16-14-12-10-8-6-4-2/h42,44,50,52,58,60,64-66,68-71,73-74,76-78H,3-41,43,45-49,51,53-57,59,61-63H2,1-2H3,(H,72,75)/b44-42+,52-50+,60-58+. The molecule has 0 spiro atoms. The van der Waals surface area contributed by atoms with Crippen molar-refractivity contribution in [1.29, 1.82) is 0 Å². The molecule has 9 heteroatoms. The van der Waals surface area contributed by atoms with Crippen molar-refractivity contribution >= 4 is 5.91 Å². The van der Waals surface area contributed by atoms with Crippen LogP contribution in [0.3, 0.4) is 0 Å². The Balaban J connectivity index is 2.15. The minimum Gasteiger partial charge on any atom is -0.394 e. The van der Waals surface area contributed by atoms with Gasteiger partial charge in [-0.25, -0.2) is 0 Å². The zero-order valence-corrected chi connectivity index (χ0v) is 52.9. The highest BCUT2D eigenvalue weighted by molar-refractivity contribution is 5.76. The van der Waals surface area contributed by atoms with Crippen molar-refractivity contribution in [3.63, 3.8) is 0 Å². The SMILES string of the molecule is CCCCCCCCCCCCCCCCCCC/C=C/CC/C=C/CC/C=C/C(O)C(COC1OC(CO)C(O)C(O)C1O)NC(=O)CCCCCCCCCCCCCCCCCCCCCCCCCCCCCCCC. The number of aliphatic hydroxyl groups is 5. The highest BCUT2D eigenvalue weighted by Crippen LogP contribution is 2.23. The van der Waals surface area contributed by atoms with Crippen LogP contribution in [-0.4, -0.2) is 87.5 Å². The van der Waals surface area contributed by atoms with E-state index in [0.717, 1.165) is 44.9 Å². The van der Waals surface area contributed by atoms with Crippen molar-refractivity contribution in [2.24, 2.45) is 0 Å². The summed E-state index contributed by atoms with van der Waals surface area (Å²) < 4.78 is 11.3. The molecule has 9 nitrogen and oxygen atoms in total. The molecule has 6 N–H and O–H groups in total. The van der Waals surface area contributed by atoms with Gasteiger partial charge >= 0.3 is 0 Å². The van der Waals surface area contributed by atoms with Crippen molar-refractivity contribution in [3.05, 3.63) is 36.5 Å². The first-order valence-corrected chi connectivity index (χ1v) is 35.2. The van der Waals surface area contributed by atoms with E-state index in [-0.39, 0.29) is 12.5 Å². The minimum atomic E-state index is -1.57. The van der Waals surface area contributed by atoms with Crippen LogP contribution < -0.4 is 5.32 Å². The first kappa shape index (κ1) is 76.4. The van der Waals surface area contributed by atoms with Gasteiger partial charge in [-0.2, -0.15) is 0 Å². The monoisotopic (exact) mass is 1130 g/mol. The summed E-state index contributed by atoms with van der Waals surface area (Å²) in [5, 5.41) is 54.7. The van der Waals surface area contributed by atoms with Crippen molar-refractivity contribution < 1.29 is 39.8 Å². The maximum atomic E-state index is 13.1. The van der Waals surface area contributed by atoms with Gasteiger partial charge in [0.05, 0.1) is 25.4 Å². The second kappa shape index (κ2) is 60.5. The fourth-order valence-electron chi connectivity index (χ4n) is 11.4. The lowest BCUT2D eigenvalue weighted by Gasteiger charge is -2.40. The van der Waals surface area contributed by atoms with Gasteiger partial charge in [0.15, 0.2) is 6.29 Å². The smallest absolute Gasteiger partial charge is 0.220 e. The summed E-state index contributed by atoms with van der Waals surface area (Å²) >= 11 is 0. The molecule has 1 aliphatic rings. The van der Waals surface area contributed by atoms with Gasteiger partial charge in [0.25, 0.3) is 0 Å². The maximum Gasteiger partial charge on any atom is 0.220 e. The van der Waals surface area contributed by atoms with Crippen LogP contribution in [0.4, 0.5) is 0 Å². The third-order valence-electron chi connectivity index (χ3n) is 16.9. The van der Waals surface area contributed by atoms with E-state index in [4.69, 9.17) is 9.47 Å². The van der Waals surface area contributed by atoms with Gasteiger partial charge in [0.1, 0.15) is 24.4 Å². The van der Waals surface area contributed by atoms with Crippen LogP contribution >= 0.6 is 0 Å². The molecule has 0 aliphatic carbocycles. The van der Waals surface area contributed by atoms with Crippen LogP contribution in [0.25, 0.3) is 0 Å². The van der Waals surface area contributed by atoms with Crippen LogP contribution in [0.2, 0.25) is 0 Å². The fourth-order valence-corrected chi connectivity index (χ4v) is 11.4. The van der Waals surface area contributed by atoms with Crippen molar-refractivity contribution in [2.45, 2.75) is 397 Å². The average Bonchev–Trinajstić information content (AvgIpc) is 3.51. The molecule has 0 aromatic heterocycles. The molecule has 1 rings (SSSR count). The average molecular weight is 1130 g/mol. The Hall–Kier alpha value is -1.59. The lowest BCUT2D eigenvalue weighted by Crippen LogP contribution is -2.60. The van der Waals surface area contributed by atoms with E-state index in [2.05, 4.69) is 43.5 Å². The van der Waals surface area contributed by atoms with E-state index in [0.29, 0.717) is 6.42 Å². The Labute approximate surface area is 495 Å². The lowest BCUT2D eigenvalue weighted by molar-refractivity contribution is -0.302. The number of aliphatic hydroxyl groups excluding tert-OH is 5. The number of allylic oxidation sites excluding steroid dienone is 5. The number of ether oxygens (including phenoxy) is 2. The molecule has 472 valence electrons. The number of hydrogen-bond acceptors (Lipinski definition) is 8. The topological polar surface area (TPSA) is 149 Å². The Morgan fingerprint density at radius 2 is 0.713 bits per heavy atom. The molecule has 1 fully saturated rings. The van der Waals surface area contributed by atoms with Crippen LogP contribution in [0.5, 0.6) is 0 Å². The number of carbonyl (C=O) groups excluding carboxylic acids is 1. The van der Waals surface area contributed by atoms with E-state index < -0.39 is 49.5 Å². The van der Waals surface area contributed by atoms with Crippen molar-refractivity contribution in [1.82, 2.24) is 5.32 Å². The summed E-state index contributed by atoms with van der Waals surface area (Å²) in [7, 11) is 0. The lowest BCUT2D eigenvalue weighted by atomic mass is 9.99. The highest BCUT2D eigenvalue weighted by Gasteiger charge is 2.44. The molecule has 80 heavy (non-hydrogen) atoms. The number of hydrogen-bond donors (Lipinski definition) is 6. The largest absolute Gasteiger partial charge is 0.394 e. The molecule has 7 unspecified atom stereocenters. The van der Waals surface area contributed by atoms with Crippen LogP contribution in [0.1, 0.15) is 354 Å². The molecule has 0 saturated carbocycles. The zero-order chi connectivity index (χ0) is 57.9.